The van der Waals surface area contributed by atoms with E-state index in [2.05, 4.69) is 10.00 Å². The second kappa shape index (κ2) is 9.97. The fourth-order valence-electron chi connectivity index (χ4n) is 3.84. The number of likely N-dealkylation sites (tertiary alicyclic amines) is 1. The first-order valence-corrected chi connectivity index (χ1v) is 11.1. The number of alkyl halides is 3. The molecule has 0 spiro atoms. The van der Waals surface area contributed by atoms with E-state index in [1.165, 1.54) is 18.6 Å². The second-order valence-corrected chi connectivity index (χ2v) is 8.30. The van der Waals surface area contributed by atoms with Crippen LogP contribution in [-0.2, 0) is 10.9 Å². The average molecular weight is 478 g/mol. The van der Waals surface area contributed by atoms with E-state index in [4.69, 9.17) is 16.3 Å². The number of hydrogen-bond acceptors (Lipinski definition) is 4. The Morgan fingerprint density at radius 2 is 1.73 bits per heavy atom. The molecule has 1 fully saturated rings. The summed E-state index contributed by atoms with van der Waals surface area (Å²) in [6.07, 6.45) is -1.05. The van der Waals surface area contributed by atoms with Gasteiger partial charge in [-0.15, -0.1) is 0 Å². The Morgan fingerprint density at radius 1 is 1.03 bits per heavy atom. The Labute approximate surface area is 194 Å². The lowest BCUT2D eigenvalue weighted by atomic mass is 10.1. The van der Waals surface area contributed by atoms with Crippen molar-refractivity contribution in [2.45, 2.75) is 25.4 Å². The molecule has 0 aliphatic carbocycles. The lowest BCUT2D eigenvalue weighted by Gasteiger charge is -2.25. The van der Waals surface area contributed by atoms with Gasteiger partial charge in [-0.25, -0.2) is 9.48 Å². The van der Waals surface area contributed by atoms with Gasteiger partial charge in [-0.05, 0) is 56.3 Å². The van der Waals surface area contributed by atoms with Gasteiger partial charge in [0, 0.05) is 12.1 Å². The van der Waals surface area contributed by atoms with Crippen LogP contribution in [0.5, 0.6) is 0 Å². The Bertz CT molecular complexity index is 1110. The highest BCUT2D eigenvalue weighted by Crippen LogP contribution is 2.34. The third kappa shape index (κ3) is 5.57. The number of aromatic nitrogens is 2. The predicted molar refractivity (Wildman–Crippen MR) is 120 cm³/mol. The minimum atomic E-state index is -4.61. The molecule has 0 saturated carbocycles. The Balaban J connectivity index is 1.52. The van der Waals surface area contributed by atoms with Gasteiger partial charge in [0.1, 0.15) is 6.61 Å². The first-order valence-electron chi connectivity index (χ1n) is 10.7. The molecule has 1 saturated heterocycles. The van der Waals surface area contributed by atoms with Crippen molar-refractivity contribution in [1.82, 2.24) is 14.7 Å². The van der Waals surface area contributed by atoms with Crippen LogP contribution in [0.4, 0.5) is 13.2 Å². The van der Waals surface area contributed by atoms with E-state index >= 15 is 0 Å². The molecule has 0 amide bonds. The van der Waals surface area contributed by atoms with Crippen molar-refractivity contribution in [2.75, 3.05) is 26.2 Å². The summed E-state index contributed by atoms with van der Waals surface area (Å²) in [6, 6.07) is 13.7. The number of carbonyl (C=O) groups is 1. The molecular weight excluding hydrogens is 455 g/mol. The monoisotopic (exact) mass is 477 g/mol. The maximum Gasteiger partial charge on any atom is 0.435 e. The molecule has 1 aromatic heterocycles. The molecule has 0 atom stereocenters. The number of ether oxygens (including phenoxy) is 1. The molecule has 5 nitrogen and oxygen atoms in total. The Hall–Kier alpha value is -2.84. The van der Waals surface area contributed by atoms with Crippen molar-refractivity contribution in [1.29, 1.82) is 0 Å². The molecule has 2 aromatic carbocycles. The van der Waals surface area contributed by atoms with Crippen molar-refractivity contribution < 1.29 is 22.7 Å². The van der Waals surface area contributed by atoms with Crippen LogP contribution >= 0.6 is 11.6 Å². The van der Waals surface area contributed by atoms with Gasteiger partial charge in [0.05, 0.1) is 22.0 Å². The lowest BCUT2D eigenvalue weighted by molar-refractivity contribution is -0.141. The first-order chi connectivity index (χ1) is 15.8. The molecule has 9 heteroatoms. The Kier molecular flexibility index (Phi) is 7.05. The normalized spacial score (nSPS) is 14.9. The number of benzene rings is 2. The molecule has 33 heavy (non-hydrogen) atoms. The number of carbonyl (C=O) groups excluding carboxylic acids is 1. The average Bonchev–Trinajstić information content (AvgIpc) is 3.26. The van der Waals surface area contributed by atoms with Crippen LogP contribution in [0.1, 0.15) is 35.3 Å². The van der Waals surface area contributed by atoms with Crippen molar-refractivity contribution >= 4 is 17.6 Å². The van der Waals surface area contributed by atoms with Crippen LogP contribution in [0, 0.1) is 0 Å². The van der Waals surface area contributed by atoms with E-state index in [1.807, 2.05) is 0 Å². The van der Waals surface area contributed by atoms with E-state index in [0.29, 0.717) is 30.0 Å². The molecule has 3 aromatic rings. The van der Waals surface area contributed by atoms with Crippen LogP contribution in [-0.4, -0.2) is 46.9 Å². The molecule has 0 bridgehead atoms. The van der Waals surface area contributed by atoms with Crippen LogP contribution in [0.15, 0.2) is 54.6 Å². The summed E-state index contributed by atoms with van der Waals surface area (Å²) in [5, 5.41) is 4.01. The number of hydrogen-bond donors (Lipinski definition) is 0. The molecular formula is C24H23ClF3N3O2. The fraction of sp³-hybridized carbons (Fsp3) is 0.333. The van der Waals surface area contributed by atoms with E-state index < -0.39 is 17.8 Å². The minimum absolute atomic E-state index is 0.209. The van der Waals surface area contributed by atoms with Crippen LogP contribution < -0.4 is 0 Å². The van der Waals surface area contributed by atoms with Gasteiger partial charge in [0.15, 0.2) is 5.69 Å². The maximum absolute atomic E-state index is 13.4. The zero-order chi connectivity index (χ0) is 23.4. The first kappa shape index (κ1) is 23.3. The largest absolute Gasteiger partial charge is 0.461 e. The maximum atomic E-state index is 13.4. The molecule has 1 aliphatic heterocycles. The van der Waals surface area contributed by atoms with Crippen molar-refractivity contribution in [3.8, 4) is 16.9 Å². The number of piperidine rings is 1. The van der Waals surface area contributed by atoms with Crippen molar-refractivity contribution in [3.63, 3.8) is 0 Å². The summed E-state index contributed by atoms with van der Waals surface area (Å²) in [6.45, 7) is 3.03. The van der Waals surface area contributed by atoms with Crippen molar-refractivity contribution in [2.24, 2.45) is 0 Å². The lowest BCUT2D eigenvalue weighted by Crippen LogP contribution is -2.33. The molecule has 2 heterocycles. The van der Waals surface area contributed by atoms with Gasteiger partial charge in [-0.1, -0.05) is 42.3 Å². The van der Waals surface area contributed by atoms with Gasteiger partial charge in [0.2, 0.25) is 0 Å². The van der Waals surface area contributed by atoms with Gasteiger partial charge in [0.25, 0.3) is 0 Å². The number of halogens is 4. The third-order valence-electron chi connectivity index (χ3n) is 5.59. The van der Waals surface area contributed by atoms with Gasteiger partial charge >= 0.3 is 12.1 Å². The Morgan fingerprint density at radius 3 is 2.39 bits per heavy atom. The van der Waals surface area contributed by atoms with Gasteiger partial charge in [-0.2, -0.15) is 18.3 Å². The summed E-state index contributed by atoms with van der Waals surface area (Å²) < 4.78 is 46.6. The van der Waals surface area contributed by atoms with Crippen LogP contribution in [0.2, 0.25) is 5.02 Å². The zero-order valence-corrected chi connectivity index (χ0v) is 18.6. The van der Waals surface area contributed by atoms with Crippen LogP contribution in [0.3, 0.4) is 0 Å². The highest BCUT2D eigenvalue weighted by Gasteiger charge is 2.35. The summed E-state index contributed by atoms with van der Waals surface area (Å²) in [7, 11) is 0. The standard InChI is InChI=1S/C24H23ClF3N3O2/c25-19-6-2-3-7-20(19)31-21(16-22(29-31)24(26,27)28)17-8-10-18(11-9-17)23(32)33-15-14-30-12-4-1-5-13-30/h2-3,6-11,16H,1,4-5,12-15H2. The summed E-state index contributed by atoms with van der Waals surface area (Å²) in [5.41, 5.74) is 0.296. The third-order valence-corrected chi connectivity index (χ3v) is 5.91. The highest BCUT2D eigenvalue weighted by molar-refractivity contribution is 6.32. The van der Waals surface area contributed by atoms with Crippen LogP contribution in [0.25, 0.3) is 16.9 Å². The number of para-hydroxylation sites is 1. The van der Waals surface area contributed by atoms with E-state index in [9.17, 15) is 18.0 Å². The molecule has 0 unspecified atom stereocenters. The van der Waals surface area contributed by atoms with E-state index in [-0.39, 0.29) is 10.7 Å². The quantitative estimate of drug-likeness (QED) is 0.417. The van der Waals surface area contributed by atoms with E-state index in [0.717, 1.165) is 36.7 Å². The second-order valence-electron chi connectivity index (χ2n) is 7.89. The fourth-order valence-corrected chi connectivity index (χ4v) is 4.06. The highest BCUT2D eigenvalue weighted by atomic mass is 35.5. The molecule has 0 radical (unpaired) electrons. The molecule has 0 N–H and O–H groups in total. The summed E-state index contributed by atoms with van der Waals surface area (Å²) >= 11 is 6.21. The van der Waals surface area contributed by atoms with Gasteiger partial charge < -0.3 is 4.74 Å². The topological polar surface area (TPSA) is 47.4 Å². The molecule has 174 valence electrons. The predicted octanol–water partition coefficient (Wildman–Crippen LogP) is 5.85. The smallest absolute Gasteiger partial charge is 0.435 e. The molecule has 1 aliphatic rings. The number of nitrogens with zero attached hydrogens (tertiary/aromatic N) is 3. The summed E-state index contributed by atoms with van der Waals surface area (Å²) in [5.74, 6) is -0.464. The minimum Gasteiger partial charge on any atom is -0.461 e. The SMILES string of the molecule is O=C(OCCN1CCCCC1)c1ccc(-c2cc(C(F)(F)F)nn2-c2ccccc2Cl)cc1. The van der Waals surface area contributed by atoms with Gasteiger partial charge in [-0.3, -0.25) is 4.90 Å². The number of rotatable bonds is 6. The zero-order valence-electron chi connectivity index (χ0n) is 17.8. The summed E-state index contributed by atoms with van der Waals surface area (Å²) in [4.78, 5) is 14.7. The molecule has 4 rings (SSSR count). The van der Waals surface area contributed by atoms with Crippen molar-refractivity contribution in [3.05, 3.63) is 70.9 Å². The number of esters is 1. The van der Waals surface area contributed by atoms with E-state index in [1.54, 1.807) is 36.4 Å².